The molecule has 1 amide bonds. The minimum absolute atomic E-state index is 0.130. The Balaban J connectivity index is 2.63. The fourth-order valence-corrected chi connectivity index (χ4v) is 1.21. The summed E-state index contributed by atoms with van der Waals surface area (Å²) in [6.45, 7) is -0.424. The Kier molecular flexibility index (Phi) is 5.03. The van der Waals surface area contributed by atoms with Crippen LogP contribution in [0.2, 0.25) is 0 Å². The summed E-state index contributed by atoms with van der Waals surface area (Å²) >= 11 is 0. The normalized spacial score (nSPS) is 12.7. The zero-order valence-corrected chi connectivity index (χ0v) is 10.3. The number of alkyl halides is 3. The van der Waals surface area contributed by atoms with E-state index >= 15 is 0 Å². The van der Waals surface area contributed by atoms with Crippen molar-refractivity contribution in [2.75, 3.05) is 13.7 Å². The molecule has 0 spiro atoms. The molecule has 0 saturated heterocycles. The van der Waals surface area contributed by atoms with Gasteiger partial charge >= 0.3 is 12.1 Å². The van der Waals surface area contributed by atoms with Gasteiger partial charge in [0.05, 0.1) is 19.2 Å². The van der Waals surface area contributed by atoms with Gasteiger partial charge in [-0.05, 0) is 12.1 Å². The number of methoxy groups -OCH3 is 1. The summed E-state index contributed by atoms with van der Waals surface area (Å²) in [5.41, 5.74) is -1.25. The Morgan fingerprint density at radius 3 is 2.55 bits per heavy atom. The number of amides is 1. The highest BCUT2D eigenvalue weighted by molar-refractivity contribution is 5.94. The second-order valence-corrected chi connectivity index (χ2v) is 3.68. The molecule has 1 unspecified atom stereocenters. The molecule has 1 rings (SSSR count). The maximum atomic E-state index is 12.3. The lowest BCUT2D eigenvalue weighted by Gasteiger charge is -2.10. The fraction of sp³-hybridized carbons (Fsp3) is 0.364. The molecule has 9 heteroatoms. The highest BCUT2D eigenvalue weighted by atomic mass is 19.4. The molecule has 2 N–H and O–H groups in total. The van der Waals surface area contributed by atoms with Crippen LogP contribution in [0.4, 0.5) is 13.2 Å². The number of nitrogens with zero attached hydrogens (tertiary/aromatic N) is 1. The lowest BCUT2D eigenvalue weighted by Crippen LogP contribution is -2.37. The lowest BCUT2D eigenvalue weighted by atomic mass is 10.2. The van der Waals surface area contributed by atoms with Gasteiger partial charge in [-0.3, -0.25) is 9.78 Å². The number of nitrogens with one attached hydrogen (secondary N) is 1. The van der Waals surface area contributed by atoms with Crippen LogP contribution in [0.25, 0.3) is 0 Å². The molecule has 1 atom stereocenters. The van der Waals surface area contributed by atoms with Gasteiger partial charge in [0.2, 0.25) is 0 Å². The second kappa shape index (κ2) is 6.33. The topological polar surface area (TPSA) is 88.5 Å². The first-order chi connectivity index (χ1) is 9.25. The number of aromatic nitrogens is 1. The number of halogens is 3. The van der Waals surface area contributed by atoms with Crippen LogP contribution in [-0.4, -0.2) is 41.7 Å². The smallest absolute Gasteiger partial charge is 0.433 e. The van der Waals surface area contributed by atoms with Gasteiger partial charge in [-0.2, -0.15) is 13.2 Å². The average molecular weight is 292 g/mol. The van der Waals surface area contributed by atoms with E-state index in [-0.39, 0.29) is 5.56 Å². The molecular weight excluding hydrogens is 281 g/mol. The predicted molar refractivity (Wildman–Crippen MR) is 59.6 cm³/mol. The molecule has 0 aliphatic rings. The van der Waals surface area contributed by atoms with E-state index in [1.165, 1.54) is 0 Å². The molecule has 0 fully saturated rings. The third kappa shape index (κ3) is 4.19. The second-order valence-electron chi connectivity index (χ2n) is 3.68. The van der Waals surface area contributed by atoms with E-state index in [1.807, 2.05) is 0 Å². The van der Waals surface area contributed by atoms with Crippen molar-refractivity contribution in [3.63, 3.8) is 0 Å². The third-order valence-corrected chi connectivity index (χ3v) is 2.25. The van der Waals surface area contributed by atoms with Crippen molar-refractivity contribution in [1.29, 1.82) is 0 Å². The number of rotatable bonds is 4. The maximum Gasteiger partial charge on any atom is 0.433 e. The molecule has 110 valence electrons. The van der Waals surface area contributed by atoms with E-state index in [2.05, 4.69) is 15.0 Å². The number of esters is 1. The number of hydrogen-bond acceptors (Lipinski definition) is 5. The Morgan fingerprint density at radius 1 is 1.45 bits per heavy atom. The van der Waals surface area contributed by atoms with Gasteiger partial charge in [0.15, 0.2) is 6.10 Å². The highest BCUT2D eigenvalue weighted by Gasteiger charge is 2.32. The van der Waals surface area contributed by atoms with Gasteiger partial charge in [0, 0.05) is 6.20 Å². The Bertz CT molecular complexity index is 487. The van der Waals surface area contributed by atoms with Crippen molar-refractivity contribution in [3.05, 3.63) is 29.6 Å². The number of pyridine rings is 1. The van der Waals surface area contributed by atoms with Gasteiger partial charge in [-0.1, -0.05) is 0 Å². The maximum absolute atomic E-state index is 12.3. The molecule has 1 aromatic rings. The van der Waals surface area contributed by atoms with Crippen molar-refractivity contribution in [3.8, 4) is 0 Å². The number of carbonyl (C=O) groups is 2. The van der Waals surface area contributed by atoms with Crippen molar-refractivity contribution in [1.82, 2.24) is 10.3 Å². The summed E-state index contributed by atoms with van der Waals surface area (Å²) in [5, 5.41) is 11.4. The van der Waals surface area contributed by atoms with Crippen molar-refractivity contribution >= 4 is 11.9 Å². The predicted octanol–water partition coefficient (Wildman–Crippen LogP) is 0.364. The fourth-order valence-electron chi connectivity index (χ4n) is 1.21. The van der Waals surface area contributed by atoms with Crippen LogP contribution in [0.1, 0.15) is 16.1 Å². The molecule has 1 heterocycles. The Morgan fingerprint density at radius 2 is 2.10 bits per heavy atom. The SMILES string of the molecule is COC(=O)C(O)CNC(=O)c1ccc(C(F)(F)F)nc1. The number of aliphatic hydroxyl groups is 1. The van der Waals surface area contributed by atoms with E-state index < -0.39 is 36.4 Å². The standard InChI is InChI=1S/C11H11F3N2O4/c1-20-10(19)7(17)5-16-9(18)6-2-3-8(15-4-6)11(12,13)14/h2-4,7,17H,5H2,1H3,(H,16,18). The lowest BCUT2D eigenvalue weighted by molar-refractivity contribution is -0.150. The van der Waals surface area contributed by atoms with Crippen LogP contribution in [0.3, 0.4) is 0 Å². The van der Waals surface area contributed by atoms with Crippen molar-refractivity contribution < 1.29 is 32.6 Å². The monoisotopic (exact) mass is 292 g/mol. The Labute approximate surface area is 111 Å². The number of aliphatic hydroxyl groups excluding tert-OH is 1. The first kappa shape index (κ1) is 15.9. The summed E-state index contributed by atoms with van der Waals surface area (Å²) < 4.78 is 41.0. The van der Waals surface area contributed by atoms with Crippen LogP contribution in [0.5, 0.6) is 0 Å². The first-order valence-corrected chi connectivity index (χ1v) is 5.33. The van der Waals surface area contributed by atoms with Gasteiger partial charge in [-0.25, -0.2) is 4.79 Å². The molecule has 0 aliphatic heterocycles. The summed E-state index contributed by atoms with van der Waals surface area (Å²) in [7, 11) is 1.06. The zero-order chi connectivity index (χ0) is 15.3. The van der Waals surface area contributed by atoms with Crippen LogP contribution in [0, 0.1) is 0 Å². The first-order valence-electron chi connectivity index (χ1n) is 5.33. The van der Waals surface area contributed by atoms with E-state index in [0.717, 1.165) is 19.4 Å². The molecule has 1 aromatic heterocycles. The van der Waals surface area contributed by atoms with Crippen LogP contribution in [0.15, 0.2) is 18.3 Å². The number of hydrogen-bond donors (Lipinski definition) is 2. The van der Waals surface area contributed by atoms with E-state index in [1.54, 1.807) is 0 Å². The molecule has 0 aliphatic carbocycles. The molecule has 0 radical (unpaired) electrons. The number of carbonyl (C=O) groups excluding carboxylic acids is 2. The average Bonchev–Trinajstić information content (AvgIpc) is 2.42. The van der Waals surface area contributed by atoms with Crippen LogP contribution in [-0.2, 0) is 15.7 Å². The quantitative estimate of drug-likeness (QED) is 0.782. The summed E-state index contributed by atoms with van der Waals surface area (Å²) in [6.07, 6.45) is -5.38. The molecule has 0 bridgehead atoms. The highest BCUT2D eigenvalue weighted by Crippen LogP contribution is 2.27. The largest absolute Gasteiger partial charge is 0.467 e. The molecule has 0 saturated carbocycles. The van der Waals surface area contributed by atoms with E-state index in [0.29, 0.717) is 6.07 Å². The third-order valence-electron chi connectivity index (χ3n) is 2.25. The summed E-state index contributed by atoms with van der Waals surface area (Å²) in [4.78, 5) is 25.5. The minimum atomic E-state index is -4.59. The summed E-state index contributed by atoms with van der Waals surface area (Å²) in [5.74, 6) is -1.70. The van der Waals surface area contributed by atoms with E-state index in [9.17, 15) is 27.9 Å². The minimum Gasteiger partial charge on any atom is -0.467 e. The number of ether oxygens (including phenoxy) is 1. The van der Waals surface area contributed by atoms with Gasteiger partial charge in [0.25, 0.3) is 5.91 Å². The van der Waals surface area contributed by atoms with Crippen molar-refractivity contribution in [2.45, 2.75) is 12.3 Å². The van der Waals surface area contributed by atoms with Gasteiger partial charge in [0.1, 0.15) is 5.69 Å². The molecule has 20 heavy (non-hydrogen) atoms. The van der Waals surface area contributed by atoms with E-state index in [4.69, 9.17) is 0 Å². The molecular formula is C11H11F3N2O4. The van der Waals surface area contributed by atoms with Gasteiger partial charge in [-0.15, -0.1) is 0 Å². The van der Waals surface area contributed by atoms with Crippen LogP contribution < -0.4 is 5.32 Å². The molecule has 6 nitrogen and oxygen atoms in total. The van der Waals surface area contributed by atoms with Crippen LogP contribution >= 0.6 is 0 Å². The Hall–Kier alpha value is -2.16. The summed E-state index contributed by atoms with van der Waals surface area (Å²) in [6, 6.07) is 1.60. The van der Waals surface area contributed by atoms with Gasteiger partial charge < -0.3 is 15.2 Å². The van der Waals surface area contributed by atoms with Crippen molar-refractivity contribution in [2.24, 2.45) is 0 Å². The zero-order valence-electron chi connectivity index (χ0n) is 10.3. The molecule has 0 aromatic carbocycles.